The van der Waals surface area contributed by atoms with Crippen LogP contribution in [0.3, 0.4) is 0 Å². The lowest BCUT2D eigenvalue weighted by molar-refractivity contribution is 0.0949. The molecule has 3 aromatic rings. The van der Waals surface area contributed by atoms with Crippen LogP contribution >= 0.6 is 22.9 Å². The summed E-state index contributed by atoms with van der Waals surface area (Å²) >= 11 is 6.98. The fourth-order valence-corrected chi connectivity index (χ4v) is 3.45. The molecule has 31 heavy (non-hydrogen) atoms. The van der Waals surface area contributed by atoms with E-state index in [1.807, 2.05) is 0 Å². The topological polar surface area (TPSA) is 139 Å². The number of pyridine rings is 2. The first kappa shape index (κ1) is 22.5. The number of hydrogen-bond acceptors (Lipinski definition) is 9. The number of nitrogens with zero attached hydrogens (tertiary/aromatic N) is 4. The minimum Gasteiger partial charge on any atom is -0.494 e. The van der Waals surface area contributed by atoms with Crippen molar-refractivity contribution in [3.8, 4) is 16.9 Å². The Morgan fingerprint density at radius 3 is 2.71 bits per heavy atom. The Kier molecular flexibility index (Phi) is 7.45. The Bertz CT molecular complexity index is 1110. The number of methoxy groups -OCH3 is 1. The zero-order chi connectivity index (χ0) is 22.4. The van der Waals surface area contributed by atoms with Gasteiger partial charge in [-0.2, -0.15) is 0 Å². The molecule has 0 radical (unpaired) electrons. The first-order valence-corrected chi connectivity index (χ1v) is 10.3. The molecule has 0 aliphatic carbocycles. The number of aliphatic hydroxyl groups excluding tert-OH is 1. The Hall–Kier alpha value is -3.15. The van der Waals surface area contributed by atoms with Crippen molar-refractivity contribution in [2.45, 2.75) is 13.3 Å². The number of hydrogen-bond donors (Lipinski definition) is 3. The zero-order valence-electron chi connectivity index (χ0n) is 16.7. The summed E-state index contributed by atoms with van der Waals surface area (Å²) < 4.78 is 5.36. The summed E-state index contributed by atoms with van der Waals surface area (Å²) in [5, 5.41) is 22.2. The molecule has 162 valence electrons. The minimum atomic E-state index is -0.485. The van der Waals surface area contributed by atoms with E-state index in [1.165, 1.54) is 19.5 Å². The van der Waals surface area contributed by atoms with Gasteiger partial charge < -0.3 is 15.2 Å². The third-order valence-electron chi connectivity index (χ3n) is 4.09. The van der Waals surface area contributed by atoms with E-state index in [0.717, 1.165) is 11.3 Å². The van der Waals surface area contributed by atoms with Crippen molar-refractivity contribution in [2.75, 3.05) is 25.6 Å². The van der Waals surface area contributed by atoms with E-state index in [2.05, 4.69) is 30.8 Å². The van der Waals surface area contributed by atoms with E-state index >= 15 is 0 Å². The van der Waals surface area contributed by atoms with Crippen molar-refractivity contribution in [3.05, 3.63) is 45.9 Å². The second kappa shape index (κ2) is 10.2. The Morgan fingerprint density at radius 1 is 1.16 bits per heavy atom. The molecular weight excluding hydrogens is 444 g/mol. The van der Waals surface area contributed by atoms with E-state index in [-0.39, 0.29) is 27.5 Å². The monoisotopic (exact) mass is 462 g/mol. The SMILES string of the molecule is COc1cnc(Cl)cc1-c1cc(C)ncc1C(=O)Nc1nnc(C(=O)NCCCO)s1. The minimum absolute atomic E-state index is 0.0297. The van der Waals surface area contributed by atoms with Crippen LogP contribution in [0.1, 0.15) is 32.3 Å². The molecule has 0 aliphatic rings. The van der Waals surface area contributed by atoms with E-state index < -0.39 is 11.8 Å². The van der Waals surface area contributed by atoms with Gasteiger partial charge in [0.15, 0.2) is 0 Å². The maximum atomic E-state index is 13.0. The molecule has 0 saturated heterocycles. The van der Waals surface area contributed by atoms with Crippen LogP contribution in [0.4, 0.5) is 5.13 Å². The zero-order valence-corrected chi connectivity index (χ0v) is 18.3. The second-order valence-corrected chi connectivity index (χ2v) is 7.64. The molecule has 0 unspecified atom stereocenters. The highest BCUT2D eigenvalue weighted by Crippen LogP contribution is 2.34. The van der Waals surface area contributed by atoms with Gasteiger partial charge in [-0.25, -0.2) is 4.98 Å². The molecule has 10 nitrogen and oxygen atoms in total. The van der Waals surface area contributed by atoms with Crippen LogP contribution in [0.25, 0.3) is 11.1 Å². The van der Waals surface area contributed by atoms with Gasteiger partial charge in [0.25, 0.3) is 11.8 Å². The Labute approximate surface area is 186 Å². The maximum Gasteiger partial charge on any atom is 0.282 e. The van der Waals surface area contributed by atoms with Gasteiger partial charge in [0.2, 0.25) is 10.1 Å². The number of ether oxygens (including phenoxy) is 1. The van der Waals surface area contributed by atoms with Crippen LogP contribution < -0.4 is 15.4 Å². The molecule has 12 heteroatoms. The quantitative estimate of drug-likeness (QED) is 0.342. The van der Waals surface area contributed by atoms with Gasteiger partial charge in [0, 0.05) is 36.2 Å². The highest BCUT2D eigenvalue weighted by molar-refractivity contribution is 7.17. The van der Waals surface area contributed by atoms with E-state index in [1.54, 1.807) is 19.1 Å². The molecule has 2 amide bonds. The number of rotatable bonds is 8. The third kappa shape index (κ3) is 5.51. The number of aryl methyl sites for hydroxylation is 1. The predicted octanol–water partition coefficient (Wildman–Crippen LogP) is 2.33. The largest absolute Gasteiger partial charge is 0.494 e. The van der Waals surface area contributed by atoms with Crippen LogP contribution in [0.2, 0.25) is 5.15 Å². The van der Waals surface area contributed by atoms with Gasteiger partial charge in [-0.3, -0.25) is 19.9 Å². The number of aromatic nitrogens is 4. The summed E-state index contributed by atoms with van der Waals surface area (Å²) in [4.78, 5) is 33.2. The molecule has 0 aromatic carbocycles. The van der Waals surface area contributed by atoms with Crippen LogP contribution in [0.15, 0.2) is 24.5 Å². The smallest absolute Gasteiger partial charge is 0.282 e. The summed E-state index contributed by atoms with van der Waals surface area (Å²) in [6.45, 7) is 2.08. The van der Waals surface area contributed by atoms with Crippen molar-refractivity contribution < 1.29 is 19.4 Å². The summed E-state index contributed by atoms with van der Waals surface area (Å²) in [5.74, 6) is -0.469. The fraction of sp³-hybridized carbons (Fsp3) is 0.263. The molecule has 3 aromatic heterocycles. The number of aliphatic hydroxyl groups is 1. The van der Waals surface area contributed by atoms with Crippen molar-refractivity contribution in [3.63, 3.8) is 0 Å². The molecule has 3 heterocycles. The van der Waals surface area contributed by atoms with E-state index in [0.29, 0.717) is 35.5 Å². The third-order valence-corrected chi connectivity index (χ3v) is 5.13. The molecule has 0 atom stereocenters. The molecule has 0 spiro atoms. The van der Waals surface area contributed by atoms with Crippen LogP contribution in [0.5, 0.6) is 5.75 Å². The van der Waals surface area contributed by atoms with Gasteiger partial charge >= 0.3 is 0 Å². The summed E-state index contributed by atoms with van der Waals surface area (Å²) in [6, 6.07) is 3.34. The molecule has 0 bridgehead atoms. The normalized spacial score (nSPS) is 10.6. The second-order valence-electron chi connectivity index (χ2n) is 6.28. The lowest BCUT2D eigenvalue weighted by Gasteiger charge is -2.13. The standard InChI is InChI=1S/C19H19ClN6O4S/c1-10-6-11(12-7-15(20)23-9-14(12)30-2)13(8-22-10)16(28)24-19-26-25-18(31-19)17(29)21-4-3-5-27/h6-9,27H,3-5H2,1-2H3,(H,21,29)(H,24,26,28). The van der Waals surface area contributed by atoms with Gasteiger partial charge in [-0.15, -0.1) is 10.2 Å². The summed E-state index contributed by atoms with van der Waals surface area (Å²) in [5.41, 5.74) is 2.09. The lowest BCUT2D eigenvalue weighted by atomic mass is 10.0. The predicted molar refractivity (Wildman–Crippen MR) is 116 cm³/mol. The number of amides is 2. The molecule has 0 aliphatic heterocycles. The number of halogens is 1. The average molecular weight is 463 g/mol. The Morgan fingerprint density at radius 2 is 1.97 bits per heavy atom. The number of carbonyl (C=O) groups is 2. The number of anilines is 1. The molecule has 3 N–H and O–H groups in total. The van der Waals surface area contributed by atoms with Crippen molar-refractivity contribution in [1.29, 1.82) is 0 Å². The number of nitrogens with one attached hydrogen (secondary N) is 2. The first-order chi connectivity index (χ1) is 14.9. The van der Waals surface area contributed by atoms with Gasteiger partial charge in [0.05, 0.1) is 18.9 Å². The van der Waals surface area contributed by atoms with Crippen molar-refractivity contribution >= 4 is 39.9 Å². The van der Waals surface area contributed by atoms with Crippen molar-refractivity contribution in [2.24, 2.45) is 0 Å². The molecule has 0 fully saturated rings. The van der Waals surface area contributed by atoms with Crippen molar-refractivity contribution in [1.82, 2.24) is 25.5 Å². The van der Waals surface area contributed by atoms with Gasteiger partial charge in [-0.05, 0) is 25.5 Å². The molecule has 3 rings (SSSR count). The van der Waals surface area contributed by atoms with E-state index in [4.69, 9.17) is 21.4 Å². The van der Waals surface area contributed by atoms with Gasteiger partial charge in [0.1, 0.15) is 10.9 Å². The van der Waals surface area contributed by atoms with Crippen LogP contribution in [-0.2, 0) is 0 Å². The highest BCUT2D eigenvalue weighted by Gasteiger charge is 2.20. The highest BCUT2D eigenvalue weighted by atomic mass is 35.5. The molecule has 0 saturated carbocycles. The lowest BCUT2D eigenvalue weighted by Crippen LogP contribution is -2.24. The van der Waals surface area contributed by atoms with Crippen LogP contribution in [-0.4, -0.2) is 57.3 Å². The average Bonchev–Trinajstić information content (AvgIpc) is 3.22. The fourth-order valence-electron chi connectivity index (χ4n) is 2.64. The van der Waals surface area contributed by atoms with E-state index in [9.17, 15) is 9.59 Å². The number of carbonyl (C=O) groups excluding carboxylic acids is 2. The Balaban J connectivity index is 1.86. The first-order valence-electron chi connectivity index (χ1n) is 9.13. The maximum absolute atomic E-state index is 13.0. The summed E-state index contributed by atoms with van der Waals surface area (Å²) in [7, 11) is 1.50. The van der Waals surface area contributed by atoms with Crippen LogP contribution in [0, 0.1) is 6.92 Å². The summed E-state index contributed by atoms with van der Waals surface area (Å²) in [6.07, 6.45) is 3.35. The molecular formula is C19H19ClN6O4S. The van der Waals surface area contributed by atoms with Gasteiger partial charge in [-0.1, -0.05) is 22.9 Å².